The lowest BCUT2D eigenvalue weighted by atomic mass is 9.88. The van der Waals surface area contributed by atoms with E-state index in [1.165, 1.54) is 17.3 Å². The molecule has 4 aliphatic rings. The van der Waals surface area contributed by atoms with Crippen LogP contribution in [0.15, 0.2) is 55.0 Å². The molecule has 7 heterocycles. The van der Waals surface area contributed by atoms with E-state index in [-0.39, 0.29) is 48.4 Å². The molecule has 5 amide bonds. The van der Waals surface area contributed by atoms with E-state index >= 15 is 0 Å². The van der Waals surface area contributed by atoms with E-state index < -0.39 is 17.7 Å². The average Bonchev–Trinajstić information content (AvgIpc) is 3.77. The highest BCUT2D eigenvalue weighted by atomic mass is 35.5. The van der Waals surface area contributed by atoms with Gasteiger partial charge in [-0.2, -0.15) is 10.4 Å². The number of ether oxygens (including phenoxy) is 2. The number of rotatable bonds is 13. The first-order chi connectivity index (χ1) is 34.1. The van der Waals surface area contributed by atoms with Gasteiger partial charge in [0.1, 0.15) is 29.5 Å². The molecule has 3 aromatic heterocycles. The molecule has 2 aromatic carbocycles. The normalized spacial score (nSPS) is 18.1. The zero-order chi connectivity index (χ0) is 50.1. The lowest BCUT2D eigenvalue weighted by molar-refractivity contribution is -0.137. The summed E-state index contributed by atoms with van der Waals surface area (Å²) < 4.78 is 12.0. The monoisotopic (exact) mass is 1000 g/mol. The second-order valence-corrected chi connectivity index (χ2v) is 19.7. The van der Waals surface area contributed by atoms with Crippen molar-refractivity contribution in [3.8, 4) is 28.8 Å². The largest absolute Gasteiger partial charge is 0.493 e. The Kier molecular flexibility index (Phi) is 14.1. The number of aromatic amines is 1. The van der Waals surface area contributed by atoms with E-state index in [9.17, 15) is 24.4 Å². The number of nitrogens with one attached hydrogen (secondary N) is 5. The molecule has 0 saturated carbocycles. The summed E-state index contributed by atoms with van der Waals surface area (Å²) in [6, 6.07) is 13.0. The summed E-state index contributed by atoms with van der Waals surface area (Å²) in [5.41, 5.74) is 4.78. The van der Waals surface area contributed by atoms with Crippen molar-refractivity contribution in [1.82, 2.24) is 45.5 Å². The molecule has 5 aromatic rings. The Morgan fingerprint density at radius 2 is 1.73 bits per heavy atom. The number of carbonyl (C=O) groups is 4. The van der Waals surface area contributed by atoms with E-state index in [0.717, 1.165) is 42.6 Å². The van der Waals surface area contributed by atoms with Crippen LogP contribution >= 0.6 is 23.2 Å². The number of aromatic nitrogens is 4. The van der Waals surface area contributed by atoms with Crippen LogP contribution in [-0.4, -0.2) is 137 Å². The number of nitriles is 1. The second-order valence-electron chi connectivity index (χ2n) is 18.9. The number of hydrogen-bond donors (Lipinski definition) is 5. The number of H-pyrrole nitrogens is 1. The Balaban J connectivity index is 0.745. The minimum atomic E-state index is -0.588. The van der Waals surface area contributed by atoms with Gasteiger partial charge >= 0.3 is 6.03 Å². The maximum atomic E-state index is 13.6. The Hall–Kier alpha value is -7.01. The van der Waals surface area contributed by atoms with Crippen molar-refractivity contribution in [3.05, 3.63) is 87.3 Å². The fourth-order valence-corrected chi connectivity index (χ4v) is 10.8. The smallest absolute Gasteiger partial charge is 0.329 e. The molecule has 1 atom stereocenters. The first-order valence-corrected chi connectivity index (χ1v) is 24.4. The van der Waals surface area contributed by atoms with E-state index in [0.29, 0.717) is 106 Å². The van der Waals surface area contributed by atoms with Gasteiger partial charge in [-0.1, -0.05) is 29.3 Å². The number of pyridine rings is 2. The molecule has 0 spiro atoms. The third-order valence-electron chi connectivity index (χ3n) is 14.0. The van der Waals surface area contributed by atoms with E-state index in [1.807, 2.05) is 47.9 Å². The van der Waals surface area contributed by atoms with Crippen LogP contribution in [0, 0.1) is 22.7 Å². The number of likely N-dealkylation sites (tertiary alicyclic amines) is 2. The van der Waals surface area contributed by atoms with Crippen LogP contribution in [0.2, 0.25) is 10.0 Å². The maximum absolute atomic E-state index is 13.6. The molecule has 4 aliphatic heterocycles. The van der Waals surface area contributed by atoms with Gasteiger partial charge in [0.2, 0.25) is 17.7 Å². The molecule has 71 heavy (non-hydrogen) atoms. The van der Waals surface area contributed by atoms with Gasteiger partial charge in [0.25, 0.3) is 0 Å². The average molecular weight is 1000 g/mol. The number of urea groups is 1. The number of carbonyl (C=O) groups excluding carboxylic acids is 4. The van der Waals surface area contributed by atoms with Crippen molar-refractivity contribution in [2.24, 2.45) is 5.92 Å². The number of hydrogen-bond acceptors (Lipinski definition) is 14. The number of anilines is 2. The molecular formula is C50H55Cl2N13O6. The molecule has 5 N–H and O–H groups in total. The predicted octanol–water partition coefficient (Wildman–Crippen LogP) is 6.47. The Morgan fingerprint density at radius 1 is 1.00 bits per heavy atom. The molecule has 21 heteroatoms. The summed E-state index contributed by atoms with van der Waals surface area (Å²) in [4.78, 5) is 67.2. The molecule has 0 bridgehead atoms. The molecular weight excluding hydrogens is 950 g/mol. The van der Waals surface area contributed by atoms with E-state index in [1.54, 1.807) is 32.5 Å². The Morgan fingerprint density at radius 3 is 2.41 bits per heavy atom. The van der Waals surface area contributed by atoms with Crippen LogP contribution < -0.4 is 30.3 Å². The number of piperidine rings is 2. The van der Waals surface area contributed by atoms with Crippen molar-refractivity contribution in [3.63, 3.8) is 0 Å². The van der Waals surface area contributed by atoms with E-state index in [2.05, 4.69) is 42.1 Å². The quantitative estimate of drug-likeness (QED) is 0.0629. The zero-order valence-electron chi connectivity index (χ0n) is 39.9. The number of amides is 5. The van der Waals surface area contributed by atoms with Crippen molar-refractivity contribution >= 4 is 75.2 Å². The first kappa shape index (κ1) is 49.0. The highest BCUT2D eigenvalue weighted by molar-refractivity contribution is 6.35. The number of fused-ring (bicyclic) bond motifs is 1. The van der Waals surface area contributed by atoms with Gasteiger partial charge in [-0.05, 0) is 88.4 Å². The van der Waals surface area contributed by atoms with Gasteiger partial charge in [-0.25, -0.2) is 9.78 Å². The van der Waals surface area contributed by atoms with Crippen LogP contribution in [-0.2, 0) is 14.4 Å². The maximum Gasteiger partial charge on any atom is 0.329 e. The fraction of sp³-hybridized carbons (Fsp3) is 0.420. The van der Waals surface area contributed by atoms with Crippen LogP contribution in [0.4, 0.5) is 16.3 Å². The highest BCUT2D eigenvalue weighted by Gasteiger charge is 2.43. The Labute approximate surface area is 420 Å². The zero-order valence-corrected chi connectivity index (χ0v) is 41.4. The van der Waals surface area contributed by atoms with Gasteiger partial charge in [0, 0.05) is 105 Å². The molecule has 0 radical (unpaired) electrons. The second kappa shape index (κ2) is 20.4. The van der Waals surface area contributed by atoms with Crippen molar-refractivity contribution in [1.29, 1.82) is 10.7 Å². The molecule has 9 rings (SSSR count). The summed E-state index contributed by atoms with van der Waals surface area (Å²) >= 11 is 12.8. The number of methoxy groups -OCH3 is 1. The third-order valence-corrected chi connectivity index (χ3v) is 14.6. The Bertz CT molecular complexity index is 2930. The van der Waals surface area contributed by atoms with Crippen molar-refractivity contribution < 1.29 is 28.7 Å². The van der Waals surface area contributed by atoms with Gasteiger partial charge in [0.15, 0.2) is 11.5 Å². The summed E-state index contributed by atoms with van der Waals surface area (Å²) in [5, 5.41) is 36.8. The van der Waals surface area contributed by atoms with Crippen LogP contribution in [0.5, 0.6) is 11.5 Å². The predicted molar refractivity (Wildman–Crippen MR) is 268 cm³/mol. The third kappa shape index (κ3) is 10.1. The molecule has 0 aliphatic carbocycles. The summed E-state index contributed by atoms with van der Waals surface area (Å²) in [7, 11) is 3.33. The lowest BCUT2D eigenvalue weighted by Gasteiger charge is -2.49. The number of amidine groups is 1. The summed E-state index contributed by atoms with van der Waals surface area (Å²) in [6.07, 6.45) is 7.22. The molecule has 0 unspecified atom stereocenters. The van der Waals surface area contributed by atoms with Gasteiger partial charge in [-0.3, -0.25) is 45.0 Å². The first-order valence-electron chi connectivity index (χ1n) is 23.7. The van der Waals surface area contributed by atoms with Gasteiger partial charge in [0.05, 0.1) is 40.3 Å². The molecule has 4 saturated heterocycles. The minimum absolute atomic E-state index is 0.0309. The van der Waals surface area contributed by atoms with E-state index in [4.69, 9.17) is 43.1 Å². The van der Waals surface area contributed by atoms with Crippen molar-refractivity contribution in [2.45, 2.75) is 63.5 Å². The number of halogens is 2. The fourth-order valence-electron chi connectivity index (χ4n) is 10.2. The minimum Gasteiger partial charge on any atom is -0.493 e. The van der Waals surface area contributed by atoms with Gasteiger partial charge < -0.3 is 29.9 Å². The SMILES string of the molecule is CNc1cc(C2CCN(CC(=O)N3CCC(C(=O)NC4(C)CN(c5ncc(-c6n[nH]c7cc(OC)c(O[C@H](C)c8c(Cl)cncc8Cl)cc67)cc5C#N)C4)CC3)CC2)ccc1C(=N)N1CCC(=O)NC1=O. The summed E-state index contributed by atoms with van der Waals surface area (Å²) in [5.74, 6) is 1.23. The summed E-state index contributed by atoms with van der Waals surface area (Å²) in [6.45, 7) is 7.83. The molecule has 370 valence electrons. The van der Waals surface area contributed by atoms with Crippen LogP contribution in [0.1, 0.15) is 80.2 Å². The van der Waals surface area contributed by atoms with Crippen molar-refractivity contribution in [2.75, 3.05) is 76.7 Å². The number of benzene rings is 2. The van der Waals surface area contributed by atoms with Crippen LogP contribution in [0.3, 0.4) is 0 Å². The highest BCUT2D eigenvalue weighted by Crippen LogP contribution is 2.41. The number of imide groups is 1. The topological polar surface area (TPSA) is 238 Å². The van der Waals surface area contributed by atoms with Crippen LogP contribution in [0.25, 0.3) is 22.2 Å². The molecule has 4 fully saturated rings. The number of nitrogens with zero attached hydrogens (tertiary/aromatic N) is 8. The lowest BCUT2D eigenvalue weighted by Crippen LogP contribution is -2.69. The molecule has 19 nitrogen and oxygen atoms in total. The standard InChI is InChI=1S/C50H55Cl2N13O6/c1-28(44-36(51)23-56-24-37(44)52)71-41-19-35-39(20-40(41)70-4)60-61-45(35)33-17-32(21-53)47(57-22-33)64-26-50(2,27-64)59-48(68)30-9-14-63(15-10-30)43(67)25-62-12-7-29(8-13-62)31-5-6-34(38(18-31)55-3)46(54)65-16-11-42(66)58-49(65)69/h5-6,17-20,22-24,28-30,54-55H,7-16,25-27H2,1-4H3,(H,59,68)(H,60,61)(H,58,66,69)/t28-/m1/s1. The van der Waals surface area contributed by atoms with Gasteiger partial charge in [-0.15, -0.1) is 0 Å².